The van der Waals surface area contributed by atoms with Gasteiger partial charge >= 0.3 is 0 Å². The van der Waals surface area contributed by atoms with Gasteiger partial charge in [-0.05, 0) is 35.7 Å². The van der Waals surface area contributed by atoms with Crippen molar-refractivity contribution in [2.24, 2.45) is 28.2 Å². The van der Waals surface area contributed by atoms with Crippen LogP contribution in [0.1, 0.15) is 38.3 Å². The van der Waals surface area contributed by atoms with E-state index in [9.17, 15) is 0 Å². The van der Waals surface area contributed by atoms with Gasteiger partial charge in [0.1, 0.15) is 19.8 Å². The fourth-order valence-electron chi connectivity index (χ4n) is 6.73. The Bertz CT molecular complexity index is 1200. The Kier molecular flexibility index (Phi) is 5.30. The predicted molar refractivity (Wildman–Crippen MR) is 140 cm³/mol. The third kappa shape index (κ3) is 3.32. The molecule has 1 heterocycles. The van der Waals surface area contributed by atoms with Gasteiger partial charge in [0.05, 0.1) is 0 Å². The minimum absolute atomic E-state index is 0.00217. The zero-order valence-corrected chi connectivity index (χ0v) is 20.8. The van der Waals surface area contributed by atoms with Crippen molar-refractivity contribution in [3.8, 4) is 0 Å². The van der Waals surface area contributed by atoms with Gasteiger partial charge in [-0.3, -0.25) is 0 Å². The molecular formula is C30H32NO2P. The molecule has 3 saturated carbocycles. The number of fused-ring (bicyclic) bond motifs is 2. The van der Waals surface area contributed by atoms with Gasteiger partial charge in [-0.25, -0.2) is 4.99 Å². The third-order valence-electron chi connectivity index (χ3n) is 8.81. The quantitative estimate of drug-likeness (QED) is 0.416. The summed E-state index contributed by atoms with van der Waals surface area (Å²) < 4.78 is 21.7. The highest BCUT2D eigenvalue weighted by Gasteiger charge is 2.63. The summed E-state index contributed by atoms with van der Waals surface area (Å²) in [6.07, 6.45) is 2.13. The van der Waals surface area contributed by atoms with Gasteiger partial charge in [-0.2, -0.15) is 0 Å². The van der Waals surface area contributed by atoms with E-state index in [0.29, 0.717) is 18.4 Å². The maximum absolute atomic E-state index is 15.4. The Balaban J connectivity index is 1.47. The lowest BCUT2D eigenvalue weighted by Crippen LogP contribution is -2.60. The molecule has 0 spiro atoms. The molecule has 0 amide bonds. The topological polar surface area (TPSA) is 38.7 Å². The van der Waals surface area contributed by atoms with E-state index in [1.807, 2.05) is 42.5 Å². The van der Waals surface area contributed by atoms with Crippen molar-refractivity contribution in [1.29, 1.82) is 0 Å². The second-order valence-corrected chi connectivity index (χ2v) is 13.7. The highest BCUT2D eigenvalue weighted by Crippen LogP contribution is 2.69. The zero-order chi connectivity index (χ0) is 23.3. The average Bonchev–Trinajstić information content (AvgIpc) is 3.39. The zero-order valence-electron chi connectivity index (χ0n) is 19.9. The minimum atomic E-state index is -2.92. The molecule has 0 unspecified atom stereocenters. The summed E-state index contributed by atoms with van der Waals surface area (Å²) in [5.74, 6) is 1.93. The molecule has 174 valence electrons. The van der Waals surface area contributed by atoms with Crippen molar-refractivity contribution in [3.63, 3.8) is 0 Å². The summed E-state index contributed by atoms with van der Waals surface area (Å²) in [4.78, 5) is 5.15. The Morgan fingerprint density at radius 2 is 1.38 bits per heavy atom. The Morgan fingerprint density at radius 1 is 0.824 bits per heavy atom. The van der Waals surface area contributed by atoms with E-state index >= 15 is 4.57 Å². The van der Waals surface area contributed by atoms with Crippen LogP contribution in [0.4, 0.5) is 0 Å². The van der Waals surface area contributed by atoms with Gasteiger partial charge < -0.3 is 9.30 Å². The number of aliphatic imine (C=N–C) groups is 1. The maximum Gasteiger partial charge on any atom is 0.188 e. The molecule has 3 aliphatic carbocycles. The van der Waals surface area contributed by atoms with Crippen molar-refractivity contribution < 1.29 is 9.30 Å². The molecule has 34 heavy (non-hydrogen) atoms. The largest absolute Gasteiger partial charge is 0.478 e. The molecule has 5 atom stereocenters. The molecule has 7 rings (SSSR count). The molecule has 0 radical (unpaired) electrons. The summed E-state index contributed by atoms with van der Waals surface area (Å²) >= 11 is 0. The smallest absolute Gasteiger partial charge is 0.188 e. The molecular weight excluding hydrogens is 437 g/mol. The van der Waals surface area contributed by atoms with Gasteiger partial charge in [0.15, 0.2) is 5.90 Å². The summed E-state index contributed by atoms with van der Waals surface area (Å²) in [5, 5.41) is 1.90. The molecule has 3 aromatic carbocycles. The van der Waals surface area contributed by atoms with E-state index < -0.39 is 7.14 Å². The van der Waals surface area contributed by atoms with E-state index in [-0.39, 0.29) is 23.0 Å². The van der Waals surface area contributed by atoms with Crippen LogP contribution in [-0.2, 0) is 9.30 Å². The Hall–Kier alpha value is -2.64. The highest BCUT2D eigenvalue weighted by molar-refractivity contribution is 7.79. The van der Waals surface area contributed by atoms with E-state index in [1.165, 1.54) is 12.0 Å². The van der Waals surface area contributed by atoms with Gasteiger partial charge in [0.2, 0.25) is 0 Å². The van der Waals surface area contributed by atoms with E-state index in [2.05, 4.69) is 62.4 Å². The van der Waals surface area contributed by atoms with Gasteiger partial charge in [-0.1, -0.05) is 105 Å². The molecule has 0 N–H and O–H groups in total. The van der Waals surface area contributed by atoms with Crippen LogP contribution in [0.3, 0.4) is 0 Å². The fraction of sp³-hybridized carbons (Fsp3) is 0.367. The van der Waals surface area contributed by atoms with Crippen LogP contribution in [0, 0.1) is 23.2 Å². The maximum atomic E-state index is 15.4. The van der Waals surface area contributed by atoms with E-state index in [4.69, 9.17) is 9.73 Å². The van der Waals surface area contributed by atoms with E-state index in [0.717, 1.165) is 22.9 Å². The number of benzene rings is 3. The monoisotopic (exact) mass is 469 g/mol. The van der Waals surface area contributed by atoms with Crippen LogP contribution in [0.25, 0.3) is 0 Å². The highest BCUT2D eigenvalue weighted by atomic mass is 31.2. The molecule has 2 bridgehead atoms. The second kappa shape index (κ2) is 8.24. The van der Waals surface area contributed by atoms with Crippen molar-refractivity contribution in [1.82, 2.24) is 0 Å². The average molecular weight is 470 g/mol. The second-order valence-electron chi connectivity index (χ2n) is 10.7. The van der Waals surface area contributed by atoms with Crippen LogP contribution >= 0.6 is 7.14 Å². The minimum Gasteiger partial charge on any atom is -0.478 e. The van der Waals surface area contributed by atoms with Gasteiger partial charge in [0.25, 0.3) is 0 Å². The number of hydrogen-bond donors (Lipinski definition) is 0. The molecule has 1 aliphatic heterocycles. The number of hydrogen-bond acceptors (Lipinski definition) is 3. The fourth-order valence-corrected chi connectivity index (χ4v) is 10.4. The SMILES string of the molecule is CC1(C)[C@@H]2C[C@H]1[C@H](C1=N[C@H](c3ccccc3)CO1)[C@@H](P(=O)(c1ccccc1)c1ccccc1)C2. The molecule has 3 nitrogen and oxygen atoms in total. The van der Waals surface area contributed by atoms with Gasteiger partial charge in [0, 0.05) is 22.2 Å². The van der Waals surface area contributed by atoms with Crippen molar-refractivity contribution in [2.45, 2.75) is 38.4 Å². The predicted octanol–water partition coefficient (Wildman–Crippen LogP) is 6.22. The van der Waals surface area contributed by atoms with Crippen LogP contribution in [-0.4, -0.2) is 18.2 Å². The Labute approximate surface area is 202 Å². The first-order chi connectivity index (χ1) is 16.5. The first kappa shape index (κ1) is 21.9. The van der Waals surface area contributed by atoms with Crippen molar-refractivity contribution in [3.05, 3.63) is 96.6 Å². The summed E-state index contributed by atoms with van der Waals surface area (Å²) in [6, 6.07) is 30.7. The summed E-state index contributed by atoms with van der Waals surface area (Å²) in [5.41, 5.74) is 1.41. The lowest BCUT2D eigenvalue weighted by atomic mass is 9.45. The Morgan fingerprint density at radius 3 is 1.94 bits per heavy atom. The summed E-state index contributed by atoms with van der Waals surface area (Å²) in [7, 11) is -2.92. The number of ether oxygens (including phenoxy) is 1. The molecule has 3 fully saturated rings. The molecule has 0 aromatic heterocycles. The third-order valence-corrected chi connectivity index (χ3v) is 12.4. The number of nitrogens with zero attached hydrogens (tertiary/aromatic N) is 1. The van der Waals surface area contributed by atoms with Crippen molar-refractivity contribution in [2.75, 3.05) is 6.61 Å². The lowest BCUT2D eigenvalue weighted by Gasteiger charge is -2.63. The lowest BCUT2D eigenvalue weighted by molar-refractivity contribution is -0.0867. The normalized spacial score (nSPS) is 29.6. The number of rotatable bonds is 5. The molecule has 3 aromatic rings. The van der Waals surface area contributed by atoms with Crippen LogP contribution in [0.2, 0.25) is 0 Å². The van der Waals surface area contributed by atoms with Gasteiger partial charge in [-0.15, -0.1) is 0 Å². The van der Waals surface area contributed by atoms with E-state index in [1.54, 1.807) is 0 Å². The first-order valence-corrected chi connectivity index (χ1v) is 14.2. The first-order valence-electron chi connectivity index (χ1n) is 12.5. The standard InChI is InChI=1S/C30H32NO2P/c1-30(2)22-18-25(30)28(29-31-26(20-33-29)21-12-6-3-7-13-21)27(19-22)34(32,23-14-8-4-9-15-23)24-16-10-5-11-17-24/h3-17,22,25-28H,18-20H2,1-2H3/t22-,25+,26+,27+,28+/m1/s1. The van der Waals surface area contributed by atoms with Crippen LogP contribution in [0.15, 0.2) is 96.0 Å². The molecule has 4 heteroatoms. The van der Waals surface area contributed by atoms with Crippen molar-refractivity contribution >= 4 is 23.6 Å². The molecule has 4 aliphatic rings. The van der Waals surface area contributed by atoms with Crippen LogP contribution in [0.5, 0.6) is 0 Å². The summed E-state index contributed by atoms with van der Waals surface area (Å²) in [6.45, 7) is 5.34. The molecule has 0 saturated heterocycles. The van der Waals surface area contributed by atoms with Crippen LogP contribution < -0.4 is 10.6 Å².